The molecule has 4 N–H and O–H groups in total. The van der Waals surface area contributed by atoms with Gasteiger partial charge in [-0.15, -0.1) is 0 Å². The van der Waals surface area contributed by atoms with E-state index in [1.165, 1.54) is 51.4 Å². The zero-order chi connectivity index (χ0) is 24.2. The lowest BCUT2D eigenvalue weighted by Crippen LogP contribution is -2.33. The standard InChI is InChI=1S/C28H52O5/c1-2-3-4-5-8-13-23(29)14-9-6-7-10-15-24(26(31)32)25(30)16-19-28(33)21-20-27(22-28)17-11-12-18-27/h23-25,29-30,33H,2-22H2,1H3,(H,31,32). The molecule has 2 rings (SSSR count). The Kier molecular flexibility index (Phi) is 12.7. The molecule has 33 heavy (non-hydrogen) atoms. The van der Waals surface area contributed by atoms with Crippen LogP contribution in [0.1, 0.15) is 142 Å². The molecule has 0 aromatic rings. The second-order valence-corrected chi connectivity index (χ2v) is 11.5. The zero-order valence-electron chi connectivity index (χ0n) is 21.3. The first-order valence-electron chi connectivity index (χ1n) is 14.1. The highest BCUT2D eigenvalue weighted by Gasteiger charge is 2.48. The molecule has 0 aromatic carbocycles. The van der Waals surface area contributed by atoms with Crippen LogP contribution in [0.25, 0.3) is 0 Å². The van der Waals surface area contributed by atoms with Gasteiger partial charge in [-0.2, -0.15) is 0 Å². The number of rotatable bonds is 18. The Morgan fingerprint density at radius 2 is 1.36 bits per heavy atom. The van der Waals surface area contributed by atoms with E-state index in [0.29, 0.717) is 24.7 Å². The molecule has 4 unspecified atom stereocenters. The fourth-order valence-electron chi connectivity index (χ4n) is 6.46. The van der Waals surface area contributed by atoms with Gasteiger partial charge in [0.05, 0.1) is 23.7 Å². The number of aliphatic hydroxyl groups excluding tert-OH is 2. The van der Waals surface area contributed by atoms with E-state index >= 15 is 0 Å². The lowest BCUT2D eigenvalue weighted by molar-refractivity contribution is -0.146. The number of aliphatic carboxylic acids is 1. The lowest BCUT2D eigenvalue weighted by atomic mass is 9.81. The van der Waals surface area contributed by atoms with Crippen molar-refractivity contribution >= 4 is 5.97 Å². The Balaban J connectivity index is 1.57. The summed E-state index contributed by atoms with van der Waals surface area (Å²) in [5.74, 6) is -1.67. The Morgan fingerprint density at radius 1 is 0.788 bits per heavy atom. The first kappa shape index (κ1) is 28.6. The van der Waals surface area contributed by atoms with E-state index in [9.17, 15) is 25.2 Å². The molecule has 5 nitrogen and oxygen atoms in total. The van der Waals surface area contributed by atoms with E-state index in [0.717, 1.165) is 64.2 Å². The van der Waals surface area contributed by atoms with Gasteiger partial charge >= 0.3 is 5.97 Å². The van der Waals surface area contributed by atoms with E-state index in [1.54, 1.807) is 0 Å². The summed E-state index contributed by atoms with van der Waals surface area (Å²) in [6.45, 7) is 2.21. The van der Waals surface area contributed by atoms with Crippen molar-refractivity contribution < 1.29 is 25.2 Å². The largest absolute Gasteiger partial charge is 0.481 e. The van der Waals surface area contributed by atoms with Crippen molar-refractivity contribution in [2.24, 2.45) is 11.3 Å². The third kappa shape index (κ3) is 10.2. The second-order valence-electron chi connectivity index (χ2n) is 11.5. The number of carboxylic acid groups (broad SMARTS) is 1. The summed E-state index contributed by atoms with van der Waals surface area (Å²) >= 11 is 0. The molecular weight excluding hydrogens is 416 g/mol. The van der Waals surface area contributed by atoms with Gasteiger partial charge in [-0.05, 0) is 69.6 Å². The first-order chi connectivity index (χ1) is 15.8. The van der Waals surface area contributed by atoms with Crippen molar-refractivity contribution in [3.63, 3.8) is 0 Å². The topological polar surface area (TPSA) is 98.0 Å². The maximum atomic E-state index is 11.7. The Labute approximate surface area is 202 Å². The molecule has 0 bridgehead atoms. The van der Waals surface area contributed by atoms with Crippen LogP contribution in [0, 0.1) is 11.3 Å². The monoisotopic (exact) mass is 468 g/mol. The highest BCUT2D eigenvalue weighted by Crippen LogP contribution is 2.55. The van der Waals surface area contributed by atoms with E-state index in [4.69, 9.17) is 0 Å². The summed E-state index contributed by atoms with van der Waals surface area (Å²) in [4.78, 5) is 11.7. The zero-order valence-corrected chi connectivity index (χ0v) is 21.3. The van der Waals surface area contributed by atoms with E-state index < -0.39 is 23.6 Å². The molecule has 0 aliphatic heterocycles. The van der Waals surface area contributed by atoms with Gasteiger partial charge in [-0.3, -0.25) is 4.79 Å². The van der Waals surface area contributed by atoms with Crippen molar-refractivity contribution in [1.29, 1.82) is 0 Å². The van der Waals surface area contributed by atoms with Gasteiger partial charge in [0, 0.05) is 0 Å². The van der Waals surface area contributed by atoms with Crippen molar-refractivity contribution in [1.82, 2.24) is 0 Å². The first-order valence-corrected chi connectivity index (χ1v) is 14.1. The molecule has 2 saturated carbocycles. The van der Waals surface area contributed by atoms with Crippen LogP contribution >= 0.6 is 0 Å². The maximum absolute atomic E-state index is 11.7. The smallest absolute Gasteiger partial charge is 0.309 e. The van der Waals surface area contributed by atoms with Crippen LogP contribution in [0.4, 0.5) is 0 Å². The van der Waals surface area contributed by atoms with E-state index in [1.807, 2.05) is 0 Å². The average Bonchev–Trinajstić information content (AvgIpc) is 3.37. The highest BCUT2D eigenvalue weighted by atomic mass is 16.4. The highest BCUT2D eigenvalue weighted by molar-refractivity contribution is 5.70. The molecule has 1 spiro atoms. The lowest BCUT2D eigenvalue weighted by Gasteiger charge is -2.29. The summed E-state index contributed by atoms with van der Waals surface area (Å²) in [5.41, 5.74) is -0.403. The predicted molar refractivity (Wildman–Crippen MR) is 133 cm³/mol. The SMILES string of the molecule is CCCCCCCC(O)CCCCCCC(C(=O)O)C(O)CCC1(O)CCC2(CCCC2)C1. The van der Waals surface area contributed by atoms with Crippen LogP contribution in [0.2, 0.25) is 0 Å². The van der Waals surface area contributed by atoms with E-state index in [-0.39, 0.29) is 6.10 Å². The number of hydrogen-bond donors (Lipinski definition) is 4. The van der Waals surface area contributed by atoms with Gasteiger partial charge < -0.3 is 20.4 Å². The maximum Gasteiger partial charge on any atom is 0.309 e. The Hall–Kier alpha value is -0.650. The summed E-state index contributed by atoms with van der Waals surface area (Å²) in [6, 6.07) is 0. The van der Waals surface area contributed by atoms with Crippen LogP contribution in [-0.4, -0.2) is 44.2 Å². The van der Waals surface area contributed by atoms with Crippen LogP contribution < -0.4 is 0 Å². The van der Waals surface area contributed by atoms with Crippen molar-refractivity contribution in [3.8, 4) is 0 Å². The van der Waals surface area contributed by atoms with Gasteiger partial charge in [0.15, 0.2) is 0 Å². The third-order valence-electron chi connectivity index (χ3n) is 8.62. The number of carbonyl (C=O) groups is 1. The Morgan fingerprint density at radius 3 is 1.94 bits per heavy atom. The molecule has 0 amide bonds. The fourth-order valence-corrected chi connectivity index (χ4v) is 6.46. The minimum absolute atomic E-state index is 0.204. The summed E-state index contributed by atoms with van der Waals surface area (Å²) in [7, 11) is 0. The van der Waals surface area contributed by atoms with Gasteiger partial charge in [-0.1, -0.05) is 77.6 Å². The summed E-state index contributed by atoms with van der Waals surface area (Å²) in [6.07, 6.45) is 19.5. The average molecular weight is 469 g/mol. The minimum Gasteiger partial charge on any atom is -0.481 e. The molecule has 2 aliphatic rings. The van der Waals surface area contributed by atoms with Crippen LogP contribution in [0.5, 0.6) is 0 Å². The van der Waals surface area contributed by atoms with Crippen molar-refractivity contribution in [2.75, 3.05) is 0 Å². The molecular formula is C28H52O5. The summed E-state index contributed by atoms with van der Waals surface area (Å²) in [5, 5.41) is 41.3. The van der Waals surface area contributed by atoms with Gasteiger partial charge in [0.2, 0.25) is 0 Å². The van der Waals surface area contributed by atoms with Gasteiger partial charge in [0.25, 0.3) is 0 Å². The molecule has 4 atom stereocenters. The van der Waals surface area contributed by atoms with E-state index in [2.05, 4.69) is 6.92 Å². The summed E-state index contributed by atoms with van der Waals surface area (Å²) < 4.78 is 0. The van der Waals surface area contributed by atoms with Crippen LogP contribution in [-0.2, 0) is 4.79 Å². The van der Waals surface area contributed by atoms with Crippen LogP contribution in [0.3, 0.4) is 0 Å². The fraction of sp³-hybridized carbons (Fsp3) is 0.964. The molecule has 0 radical (unpaired) electrons. The number of hydrogen-bond acceptors (Lipinski definition) is 4. The van der Waals surface area contributed by atoms with Crippen molar-refractivity contribution in [2.45, 2.75) is 160 Å². The molecule has 5 heteroatoms. The normalized spacial score (nSPS) is 24.8. The second kappa shape index (κ2) is 14.7. The molecule has 0 saturated heterocycles. The number of unbranched alkanes of at least 4 members (excludes halogenated alkanes) is 7. The number of aliphatic hydroxyl groups is 3. The minimum atomic E-state index is -0.924. The molecule has 0 aromatic heterocycles. The molecule has 2 aliphatic carbocycles. The molecule has 2 fully saturated rings. The van der Waals surface area contributed by atoms with Gasteiger partial charge in [0.1, 0.15) is 0 Å². The third-order valence-corrected chi connectivity index (χ3v) is 8.62. The number of carboxylic acids is 1. The molecule has 0 heterocycles. The predicted octanol–water partition coefficient (Wildman–Crippen LogP) is 6.37. The quantitative estimate of drug-likeness (QED) is 0.175. The molecule has 194 valence electrons. The van der Waals surface area contributed by atoms with Crippen LogP contribution in [0.15, 0.2) is 0 Å². The van der Waals surface area contributed by atoms with Crippen molar-refractivity contribution in [3.05, 3.63) is 0 Å². The Bertz CT molecular complexity index is 544. The van der Waals surface area contributed by atoms with Gasteiger partial charge in [-0.25, -0.2) is 0 Å².